The van der Waals surface area contributed by atoms with Gasteiger partial charge in [0.25, 0.3) is 0 Å². The lowest BCUT2D eigenvalue weighted by Gasteiger charge is -2.19. The molecule has 2 atom stereocenters. The molecule has 3 nitrogen and oxygen atoms in total. The Hall–Kier alpha value is -1.06. The molecule has 1 aliphatic rings. The molecule has 2 unspecified atom stereocenters. The Labute approximate surface area is 103 Å². The van der Waals surface area contributed by atoms with E-state index in [4.69, 9.17) is 0 Å². The maximum Gasteiger partial charge on any atom is 0.0731 e. The number of hydrogen-bond donors (Lipinski definition) is 2. The number of hydrogen-bond acceptors (Lipinski definition) is 3. The number of anilines is 1. The van der Waals surface area contributed by atoms with Gasteiger partial charge in [-0.25, -0.2) is 0 Å². The first kappa shape index (κ1) is 12.4. The van der Waals surface area contributed by atoms with Crippen molar-refractivity contribution in [3.63, 3.8) is 0 Å². The SMILES string of the molecule is CCNC(C)c1ccc(N2CCC(O)C2)cc1. The molecule has 1 aliphatic heterocycles. The van der Waals surface area contributed by atoms with Crippen molar-refractivity contribution in [2.45, 2.75) is 32.4 Å². The summed E-state index contributed by atoms with van der Waals surface area (Å²) in [5, 5.41) is 12.9. The van der Waals surface area contributed by atoms with E-state index in [0.29, 0.717) is 6.04 Å². The molecule has 0 bridgehead atoms. The standard InChI is InChI=1S/C14H22N2O/c1-3-15-11(2)12-4-6-13(7-5-12)16-9-8-14(17)10-16/h4-7,11,14-15,17H,3,8-10H2,1-2H3. The van der Waals surface area contributed by atoms with Crippen LogP contribution in [0.4, 0.5) is 5.69 Å². The van der Waals surface area contributed by atoms with Gasteiger partial charge in [0.05, 0.1) is 6.10 Å². The molecule has 2 N–H and O–H groups in total. The topological polar surface area (TPSA) is 35.5 Å². The fourth-order valence-electron chi connectivity index (χ4n) is 2.37. The van der Waals surface area contributed by atoms with E-state index in [-0.39, 0.29) is 6.10 Å². The predicted octanol–water partition coefficient (Wildman–Crippen LogP) is 1.93. The summed E-state index contributed by atoms with van der Waals surface area (Å²) in [6, 6.07) is 9.06. The summed E-state index contributed by atoms with van der Waals surface area (Å²) in [7, 11) is 0. The van der Waals surface area contributed by atoms with E-state index in [9.17, 15) is 5.11 Å². The molecule has 0 spiro atoms. The first-order valence-electron chi connectivity index (χ1n) is 6.47. The number of rotatable bonds is 4. The van der Waals surface area contributed by atoms with Crippen molar-refractivity contribution in [3.8, 4) is 0 Å². The third-order valence-electron chi connectivity index (χ3n) is 3.43. The van der Waals surface area contributed by atoms with Crippen molar-refractivity contribution in [1.82, 2.24) is 5.32 Å². The third-order valence-corrected chi connectivity index (χ3v) is 3.43. The van der Waals surface area contributed by atoms with Gasteiger partial charge in [0.1, 0.15) is 0 Å². The van der Waals surface area contributed by atoms with Gasteiger partial charge in [-0.1, -0.05) is 19.1 Å². The minimum atomic E-state index is -0.157. The van der Waals surface area contributed by atoms with E-state index in [1.54, 1.807) is 0 Å². The molecular weight excluding hydrogens is 212 g/mol. The van der Waals surface area contributed by atoms with Crippen LogP contribution in [0.15, 0.2) is 24.3 Å². The normalized spacial score (nSPS) is 21.8. The molecule has 17 heavy (non-hydrogen) atoms. The van der Waals surface area contributed by atoms with E-state index in [1.807, 2.05) is 0 Å². The summed E-state index contributed by atoms with van der Waals surface area (Å²) in [6.45, 7) is 7.02. The maximum atomic E-state index is 9.52. The Morgan fingerprint density at radius 3 is 2.65 bits per heavy atom. The quantitative estimate of drug-likeness (QED) is 0.835. The van der Waals surface area contributed by atoms with Crippen LogP contribution in [0.25, 0.3) is 0 Å². The second-order valence-electron chi connectivity index (χ2n) is 4.76. The molecule has 1 saturated heterocycles. The summed E-state index contributed by atoms with van der Waals surface area (Å²) in [6.07, 6.45) is 0.727. The maximum absolute atomic E-state index is 9.52. The zero-order chi connectivity index (χ0) is 12.3. The van der Waals surface area contributed by atoms with E-state index in [1.165, 1.54) is 11.3 Å². The zero-order valence-electron chi connectivity index (χ0n) is 10.7. The van der Waals surface area contributed by atoms with Gasteiger partial charge in [0.2, 0.25) is 0 Å². The number of aliphatic hydroxyl groups is 1. The molecule has 0 amide bonds. The molecular formula is C14H22N2O. The first-order valence-corrected chi connectivity index (χ1v) is 6.47. The molecule has 94 valence electrons. The fourth-order valence-corrected chi connectivity index (χ4v) is 2.37. The summed E-state index contributed by atoms with van der Waals surface area (Å²) in [5.41, 5.74) is 2.53. The molecule has 0 aromatic heterocycles. The highest BCUT2D eigenvalue weighted by Crippen LogP contribution is 2.22. The molecule has 2 rings (SSSR count). The predicted molar refractivity (Wildman–Crippen MR) is 71.4 cm³/mol. The highest BCUT2D eigenvalue weighted by Gasteiger charge is 2.20. The van der Waals surface area contributed by atoms with Gasteiger partial charge in [-0.2, -0.15) is 0 Å². The van der Waals surface area contributed by atoms with Crippen molar-refractivity contribution in [1.29, 1.82) is 0 Å². The number of aliphatic hydroxyl groups excluding tert-OH is 1. The molecule has 1 aromatic rings. The van der Waals surface area contributed by atoms with Crippen LogP contribution in [0.3, 0.4) is 0 Å². The van der Waals surface area contributed by atoms with Crippen LogP contribution in [0, 0.1) is 0 Å². The van der Waals surface area contributed by atoms with Crippen LogP contribution in [0.1, 0.15) is 31.9 Å². The first-order chi connectivity index (χ1) is 8.20. The summed E-state index contributed by atoms with van der Waals surface area (Å²) >= 11 is 0. The Morgan fingerprint density at radius 1 is 1.41 bits per heavy atom. The third kappa shape index (κ3) is 2.99. The Balaban J connectivity index is 2.02. The van der Waals surface area contributed by atoms with Gasteiger partial charge < -0.3 is 15.3 Å². The largest absolute Gasteiger partial charge is 0.391 e. The Kier molecular flexibility index (Phi) is 4.02. The Morgan fingerprint density at radius 2 is 2.12 bits per heavy atom. The molecule has 1 heterocycles. The number of β-amino-alcohol motifs (C(OH)–C–C–N with tert-alkyl or cyclic N) is 1. The van der Waals surface area contributed by atoms with Gasteiger partial charge in [0.15, 0.2) is 0 Å². The van der Waals surface area contributed by atoms with Gasteiger partial charge in [0, 0.05) is 24.8 Å². The fraction of sp³-hybridized carbons (Fsp3) is 0.571. The molecule has 0 radical (unpaired) electrons. The highest BCUT2D eigenvalue weighted by atomic mass is 16.3. The van der Waals surface area contributed by atoms with Crippen LogP contribution in [-0.4, -0.2) is 30.8 Å². The summed E-state index contributed by atoms with van der Waals surface area (Å²) in [4.78, 5) is 2.24. The summed E-state index contributed by atoms with van der Waals surface area (Å²) < 4.78 is 0. The Bertz CT molecular complexity index is 350. The molecule has 1 aromatic carbocycles. The smallest absolute Gasteiger partial charge is 0.0731 e. The van der Waals surface area contributed by atoms with Gasteiger partial charge in [-0.05, 0) is 37.6 Å². The van der Waals surface area contributed by atoms with E-state index < -0.39 is 0 Å². The molecule has 3 heteroatoms. The second kappa shape index (κ2) is 5.52. The lowest BCUT2D eigenvalue weighted by Crippen LogP contribution is -2.21. The second-order valence-corrected chi connectivity index (χ2v) is 4.76. The van der Waals surface area contributed by atoms with Crippen molar-refractivity contribution < 1.29 is 5.11 Å². The van der Waals surface area contributed by atoms with Crippen molar-refractivity contribution in [3.05, 3.63) is 29.8 Å². The van der Waals surface area contributed by atoms with Crippen molar-refractivity contribution in [2.75, 3.05) is 24.5 Å². The number of nitrogens with one attached hydrogen (secondary N) is 1. The van der Waals surface area contributed by atoms with E-state index in [2.05, 4.69) is 48.3 Å². The van der Waals surface area contributed by atoms with Crippen LogP contribution < -0.4 is 10.2 Å². The van der Waals surface area contributed by atoms with E-state index >= 15 is 0 Å². The summed E-state index contributed by atoms with van der Waals surface area (Å²) in [5.74, 6) is 0. The van der Waals surface area contributed by atoms with Crippen LogP contribution in [-0.2, 0) is 0 Å². The van der Waals surface area contributed by atoms with Gasteiger partial charge in [-0.15, -0.1) is 0 Å². The van der Waals surface area contributed by atoms with Crippen molar-refractivity contribution in [2.24, 2.45) is 0 Å². The number of nitrogens with zero attached hydrogens (tertiary/aromatic N) is 1. The van der Waals surface area contributed by atoms with Gasteiger partial charge in [-0.3, -0.25) is 0 Å². The zero-order valence-corrected chi connectivity index (χ0v) is 10.7. The minimum Gasteiger partial charge on any atom is -0.391 e. The lowest BCUT2D eigenvalue weighted by atomic mass is 10.1. The molecule has 1 fully saturated rings. The van der Waals surface area contributed by atoms with Gasteiger partial charge >= 0.3 is 0 Å². The van der Waals surface area contributed by atoms with Crippen molar-refractivity contribution >= 4 is 5.69 Å². The van der Waals surface area contributed by atoms with Crippen LogP contribution in [0.2, 0.25) is 0 Å². The van der Waals surface area contributed by atoms with Crippen LogP contribution >= 0.6 is 0 Å². The minimum absolute atomic E-state index is 0.157. The average molecular weight is 234 g/mol. The van der Waals surface area contributed by atoms with Crippen LogP contribution in [0.5, 0.6) is 0 Å². The molecule has 0 saturated carbocycles. The monoisotopic (exact) mass is 234 g/mol. The average Bonchev–Trinajstić information content (AvgIpc) is 2.76. The highest BCUT2D eigenvalue weighted by molar-refractivity contribution is 5.49. The van der Waals surface area contributed by atoms with E-state index in [0.717, 1.165) is 26.1 Å². The lowest BCUT2D eigenvalue weighted by molar-refractivity contribution is 0.198. The molecule has 0 aliphatic carbocycles. The number of benzene rings is 1.